The van der Waals surface area contributed by atoms with E-state index in [2.05, 4.69) is 5.32 Å². The predicted molar refractivity (Wildman–Crippen MR) is 54.6 cm³/mol. The van der Waals surface area contributed by atoms with Crippen LogP contribution in [0.5, 0.6) is 0 Å². The monoisotopic (exact) mass is 242 g/mol. The summed E-state index contributed by atoms with van der Waals surface area (Å²) in [5.41, 5.74) is -0.327. The lowest BCUT2D eigenvalue weighted by Crippen LogP contribution is -2.06. The second-order valence-electron chi connectivity index (χ2n) is 3.08. The Labute approximate surface area is 93.8 Å². The summed E-state index contributed by atoms with van der Waals surface area (Å²) in [7, 11) is 0. The molecule has 0 saturated carbocycles. The van der Waals surface area contributed by atoms with Gasteiger partial charge in [-0.1, -0.05) is 11.8 Å². The lowest BCUT2D eigenvalue weighted by atomic mass is 10.2. The van der Waals surface area contributed by atoms with Crippen molar-refractivity contribution in [2.24, 2.45) is 0 Å². The minimum absolute atomic E-state index is 0.374. The first kappa shape index (κ1) is 10.9. The Kier molecular flexibility index (Phi) is 2.56. The molecule has 0 bridgehead atoms. The summed E-state index contributed by atoms with van der Waals surface area (Å²) >= 11 is 1.15. The van der Waals surface area contributed by atoms with Crippen LogP contribution in [0.25, 0.3) is 0 Å². The van der Waals surface area contributed by atoms with Gasteiger partial charge in [-0.25, -0.2) is 0 Å². The van der Waals surface area contributed by atoms with Gasteiger partial charge in [0.2, 0.25) is 0 Å². The van der Waals surface area contributed by atoms with Crippen molar-refractivity contribution in [1.82, 2.24) is 0 Å². The number of thioether (sulfide) groups is 1. The summed E-state index contributed by atoms with van der Waals surface area (Å²) in [6.07, 6.45) is -2.95. The average molecular weight is 242 g/mol. The van der Waals surface area contributed by atoms with Gasteiger partial charge in [0, 0.05) is 11.1 Å². The summed E-state index contributed by atoms with van der Waals surface area (Å²) in [4.78, 5) is 1.04. The number of nitriles is 1. The second kappa shape index (κ2) is 3.76. The van der Waals surface area contributed by atoms with E-state index in [0.29, 0.717) is 15.5 Å². The first-order valence-corrected chi connectivity index (χ1v) is 5.08. The van der Waals surface area contributed by atoms with Crippen molar-refractivity contribution in [3.05, 3.63) is 34.9 Å². The van der Waals surface area contributed by atoms with Crippen molar-refractivity contribution in [3.63, 3.8) is 0 Å². The molecule has 2 nitrogen and oxygen atoms in total. The van der Waals surface area contributed by atoms with E-state index in [4.69, 9.17) is 5.26 Å². The van der Waals surface area contributed by atoms with E-state index in [1.165, 1.54) is 12.3 Å². The minimum atomic E-state index is -4.35. The molecule has 6 heteroatoms. The van der Waals surface area contributed by atoms with E-state index in [0.717, 1.165) is 23.9 Å². The fourth-order valence-corrected chi connectivity index (χ4v) is 2.02. The molecular weight excluding hydrogens is 237 g/mol. The van der Waals surface area contributed by atoms with E-state index in [1.54, 1.807) is 0 Å². The molecule has 1 aliphatic heterocycles. The maximum atomic E-state index is 12.4. The van der Waals surface area contributed by atoms with E-state index in [-0.39, 0.29) is 0 Å². The van der Waals surface area contributed by atoms with Crippen molar-refractivity contribution < 1.29 is 13.2 Å². The largest absolute Gasteiger partial charge is 0.416 e. The van der Waals surface area contributed by atoms with Crippen molar-refractivity contribution >= 4 is 17.4 Å². The molecule has 1 aliphatic rings. The smallest absolute Gasteiger partial charge is 0.359 e. The van der Waals surface area contributed by atoms with Crippen LogP contribution in [0.2, 0.25) is 0 Å². The summed E-state index contributed by atoms with van der Waals surface area (Å²) in [6.45, 7) is 0. The number of fused-ring (bicyclic) bond motifs is 1. The Morgan fingerprint density at radius 1 is 1.31 bits per heavy atom. The molecule has 82 valence electrons. The highest BCUT2D eigenvalue weighted by molar-refractivity contribution is 8.03. The van der Waals surface area contributed by atoms with Crippen LogP contribution >= 0.6 is 11.8 Å². The van der Waals surface area contributed by atoms with Crippen LogP contribution < -0.4 is 5.32 Å². The molecule has 1 N–H and O–H groups in total. The zero-order valence-corrected chi connectivity index (χ0v) is 8.62. The van der Waals surface area contributed by atoms with E-state index >= 15 is 0 Å². The number of allylic oxidation sites excluding steroid dienone is 1. The van der Waals surface area contributed by atoms with Crippen LogP contribution in [-0.2, 0) is 6.18 Å². The lowest BCUT2D eigenvalue weighted by molar-refractivity contribution is -0.137. The molecule has 1 heterocycles. The number of anilines is 1. The van der Waals surface area contributed by atoms with Crippen molar-refractivity contribution in [1.29, 1.82) is 5.26 Å². The second-order valence-corrected chi connectivity index (χ2v) is 4.16. The molecule has 2 rings (SSSR count). The van der Waals surface area contributed by atoms with Gasteiger partial charge in [-0.3, -0.25) is 0 Å². The average Bonchev–Trinajstić information content (AvgIpc) is 2.26. The van der Waals surface area contributed by atoms with Crippen molar-refractivity contribution in [3.8, 4) is 6.07 Å². The quantitative estimate of drug-likeness (QED) is 0.755. The van der Waals surface area contributed by atoms with Gasteiger partial charge >= 0.3 is 6.18 Å². The molecule has 16 heavy (non-hydrogen) atoms. The molecule has 0 unspecified atom stereocenters. The van der Waals surface area contributed by atoms with Crippen LogP contribution in [0.1, 0.15) is 5.56 Å². The topological polar surface area (TPSA) is 35.8 Å². The summed E-state index contributed by atoms with van der Waals surface area (Å²) in [5.74, 6) is 0. The number of nitrogens with zero attached hydrogens (tertiary/aromatic N) is 1. The molecular formula is C10H5F3N2S. The zero-order chi connectivity index (χ0) is 11.8. The number of rotatable bonds is 0. The number of halogens is 3. The fourth-order valence-electron chi connectivity index (χ4n) is 1.25. The predicted octanol–water partition coefficient (Wildman–Crippen LogP) is 3.59. The lowest BCUT2D eigenvalue weighted by Gasteiger charge is -2.16. The van der Waals surface area contributed by atoms with Gasteiger partial charge in [-0.2, -0.15) is 18.4 Å². The third-order valence-corrected chi connectivity index (χ3v) is 3.00. The third kappa shape index (κ3) is 1.99. The highest BCUT2D eigenvalue weighted by Crippen LogP contribution is 2.40. The molecule has 0 atom stereocenters. The van der Waals surface area contributed by atoms with Gasteiger partial charge < -0.3 is 5.32 Å². The van der Waals surface area contributed by atoms with Crippen LogP contribution in [0, 0.1) is 11.3 Å². The summed E-state index contributed by atoms with van der Waals surface area (Å²) < 4.78 is 37.2. The highest BCUT2D eigenvalue weighted by atomic mass is 32.2. The molecule has 0 saturated heterocycles. The summed E-state index contributed by atoms with van der Waals surface area (Å²) in [5, 5.41) is 11.3. The van der Waals surface area contributed by atoms with Gasteiger partial charge in [0.15, 0.2) is 0 Å². The normalized spacial score (nSPS) is 14.5. The molecule has 0 aliphatic carbocycles. The van der Waals surface area contributed by atoms with Gasteiger partial charge in [-0.15, -0.1) is 0 Å². The highest BCUT2D eigenvalue weighted by Gasteiger charge is 2.31. The first-order valence-electron chi connectivity index (χ1n) is 4.26. The molecule has 0 spiro atoms. The maximum Gasteiger partial charge on any atom is 0.416 e. The number of alkyl halides is 3. The van der Waals surface area contributed by atoms with Crippen LogP contribution in [0.15, 0.2) is 34.2 Å². The Morgan fingerprint density at radius 3 is 2.69 bits per heavy atom. The first-order chi connectivity index (χ1) is 7.50. The number of benzene rings is 1. The van der Waals surface area contributed by atoms with Crippen molar-refractivity contribution in [2.45, 2.75) is 11.1 Å². The van der Waals surface area contributed by atoms with Crippen molar-refractivity contribution in [2.75, 3.05) is 5.32 Å². The van der Waals surface area contributed by atoms with Gasteiger partial charge in [0.1, 0.15) is 11.0 Å². The molecule has 0 fully saturated rings. The Balaban J connectivity index is 2.37. The van der Waals surface area contributed by atoms with Gasteiger partial charge in [0.05, 0.1) is 11.3 Å². The minimum Gasteiger partial charge on any atom is -0.359 e. The summed E-state index contributed by atoms with van der Waals surface area (Å²) in [6, 6.07) is 5.33. The Bertz CT molecular complexity index is 500. The van der Waals surface area contributed by atoms with E-state index < -0.39 is 11.7 Å². The molecule has 1 aromatic carbocycles. The number of nitrogens with one attached hydrogen (secondary N) is 1. The Hall–Kier alpha value is -1.61. The third-order valence-electron chi connectivity index (χ3n) is 2.00. The van der Waals surface area contributed by atoms with Crippen LogP contribution in [0.3, 0.4) is 0 Å². The molecule has 0 radical (unpaired) electrons. The fraction of sp³-hybridized carbons (Fsp3) is 0.100. The molecule has 0 amide bonds. The molecule has 1 aromatic rings. The molecule has 0 aromatic heterocycles. The standard InChI is InChI=1S/C10H5F3N2S/c11-10(12,13)6-1-2-9-8(3-6)15-5-7(4-14)16-9/h1-3,5,15H. The van der Waals surface area contributed by atoms with Crippen LogP contribution in [0.4, 0.5) is 18.9 Å². The van der Waals surface area contributed by atoms with Gasteiger partial charge in [-0.05, 0) is 18.2 Å². The zero-order valence-electron chi connectivity index (χ0n) is 7.80. The Morgan fingerprint density at radius 2 is 2.06 bits per heavy atom. The number of hydrogen-bond acceptors (Lipinski definition) is 3. The number of hydrogen-bond donors (Lipinski definition) is 1. The van der Waals surface area contributed by atoms with E-state index in [1.807, 2.05) is 6.07 Å². The maximum absolute atomic E-state index is 12.4. The van der Waals surface area contributed by atoms with Crippen LogP contribution in [-0.4, -0.2) is 0 Å². The van der Waals surface area contributed by atoms with E-state index in [9.17, 15) is 13.2 Å². The SMILES string of the molecule is N#CC1=CNc2cc(C(F)(F)F)ccc2S1. The van der Waals surface area contributed by atoms with Gasteiger partial charge in [0.25, 0.3) is 0 Å².